The highest BCUT2D eigenvalue weighted by Gasteiger charge is 2.43. The average molecular weight is 478 g/mol. The van der Waals surface area contributed by atoms with Gasteiger partial charge in [0.1, 0.15) is 11.4 Å². The van der Waals surface area contributed by atoms with E-state index in [0.717, 1.165) is 6.07 Å². The van der Waals surface area contributed by atoms with Crippen LogP contribution in [0.3, 0.4) is 0 Å². The number of ether oxygens (including phenoxy) is 1. The Morgan fingerprint density at radius 2 is 1.82 bits per heavy atom. The molecule has 0 fully saturated rings. The molecule has 8 heteroatoms. The predicted octanol–water partition coefficient (Wildman–Crippen LogP) is 5.12. The van der Waals surface area contributed by atoms with Crippen LogP contribution >= 0.6 is 11.6 Å². The molecule has 1 atom stereocenters. The molecule has 0 saturated carbocycles. The molecular formula is C26H17ClFNO5. The first kappa shape index (κ1) is 21.9. The zero-order valence-electron chi connectivity index (χ0n) is 17.9. The van der Waals surface area contributed by atoms with Gasteiger partial charge in [-0.25, -0.2) is 9.18 Å². The highest BCUT2D eigenvalue weighted by molar-refractivity contribution is 6.31. The second-order valence-electron chi connectivity index (χ2n) is 7.86. The van der Waals surface area contributed by atoms with E-state index in [1.165, 1.54) is 24.1 Å². The van der Waals surface area contributed by atoms with E-state index in [1.807, 2.05) is 0 Å². The molecule has 0 saturated heterocycles. The first-order valence-corrected chi connectivity index (χ1v) is 10.8. The third-order valence-corrected chi connectivity index (χ3v) is 6.24. The summed E-state index contributed by atoms with van der Waals surface area (Å²) in [4.78, 5) is 40.3. The monoisotopic (exact) mass is 477 g/mol. The van der Waals surface area contributed by atoms with E-state index in [2.05, 4.69) is 0 Å². The van der Waals surface area contributed by atoms with Crippen molar-refractivity contribution >= 4 is 34.4 Å². The number of fused-ring (bicyclic) bond motifs is 2. The number of halogens is 2. The molecule has 0 radical (unpaired) electrons. The molecule has 6 nitrogen and oxygen atoms in total. The number of hydrogen-bond acceptors (Lipinski definition) is 5. The Morgan fingerprint density at radius 3 is 2.53 bits per heavy atom. The van der Waals surface area contributed by atoms with Crippen LogP contribution in [0.5, 0.6) is 0 Å². The molecule has 5 rings (SSSR count). The molecular weight excluding hydrogens is 461 g/mol. The van der Waals surface area contributed by atoms with E-state index in [0.29, 0.717) is 21.7 Å². The highest BCUT2D eigenvalue weighted by Crippen LogP contribution is 2.39. The number of amides is 1. The molecule has 1 amide bonds. The molecule has 170 valence electrons. The van der Waals surface area contributed by atoms with Crippen LogP contribution in [0.15, 0.2) is 75.9 Å². The number of nitrogens with zero attached hydrogens (tertiary/aromatic N) is 1. The van der Waals surface area contributed by atoms with Gasteiger partial charge in [0.25, 0.3) is 5.91 Å². The summed E-state index contributed by atoms with van der Waals surface area (Å²) in [5, 5.41) is 0.514. The third-order valence-electron chi connectivity index (χ3n) is 5.87. The van der Waals surface area contributed by atoms with Gasteiger partial charge in [0, 0.05) is 11.6 Å². The molecule has 4 aromatic rings. The van der Waals surface area contributed by atoms with E-state index in [-0.39, 0.29) is 28.8 Å². The molecule has 1 aromatic heterocycles. The van der Waals surface area contributed by atoms with Crippen LogP contribution in [-0.4, -0.2) is 23.9 Å². The van der Waals surface area contributed by atoms with Crippen molar-refractivity contribution in [3.05, 3.63) is 116 Å². The number of carbonyl (C=O) groups is 2. The standard InChI is InChI=1S/C26H17ClFNO5/c1-33-26(32)15-8-6-14(7-9-15)22-21-23(30)18-12-17(28)10-11-20(18)34-24(21)25(31)29(22)13-16-4-2-3-5-19(16)27/h2-12,22H,13H2,1H3/t22-/m1/s1. The normalized spacial score (nSPS) is 15.0. The largest absolute Gasteiger partial charge is 0.465 e. The quantitative estimate of drug-likeness (QED) is 0.381. The Hall–Kier alpha value is -3.97. The second-order valence-corrected chi connectivity index (χ2v) is 8.26. The summed E-state index contributed by atoms with van der Waals surface area (Å²) in [6.45, 7) is 0.107. The lowest BCUT2D eigenvalue weighted by Gasteiger charge is -2.25. The molecule has 0 N–H and O–H groups in total. The van der Waals surface area contributed by atoms with E-state index in [1.54, 1.807) is 48.5 Å². The average Bonchev–Trinajstić information content (AvgIpc) is 3.12. The molecule has 0 unspecified atom stereocenters. The summed E-state index contributed by atoms with van der Waals surface area (Å²) >= 11 is 6.34. The fourth-order valence-corrected chi connectivity index (χ4v) is 4.43. The van der Waals surface area contributed by atoms with Crippen LogP contribution in [0.25, 0.3) is 11.0 Å². The van der Waals surface area contributed by atoms with Crippen molar-refractivity contribution in [1.29, 1.82) is 0 Å². The first-order chi connectivity index (χ1) is 16.4. The Balaban J connectivity index is 1.70. The molecule has 2 heterocycles. The minimum Gasteiger partial charge on any atom is -0.465 e. The molecule has 0 spiro atoms. The van der Waals surface area contributed by atoms with Crippen LogP contribution in [-0.2, 0) is 11.3 Å². The zero-order valence-corrected chi connectivity index (χ0v) is 18.6. The van der Waals surface area contributed by atoms with Gasteiger partial charge in [-0.05, 0) is 47.5 Å². The smallest absolute Gasteiger partial charge is 0.337 e. The lowest BCUT2D eigenvalue weighted by Crippen LogP contribution is -2.29. The first-order valence-electron chi connectivity index (χ1n) is 10.4. The van der Waals surface area contributed by atoms with Crippen molar-refractivity contribution in [2.24, 2.45) is 0 Å². The lowest BCUT2D eigenvalue weighted by atomic mass is 9.97. The molecule has 34 heavy (non-hydrogen) atoms. The maximum Gasteiger partial charge on any atom is 0.337 e. The molecule has 0 bridgehead atoms. The number of hydrogen-bond donors (Lipinski definition) is 0. The summed E-state index contributed by atoms with van der Waals surface area (Å²) in [6.07, 6.45) is 0. The van der Waals surface area contributed by atoms with Gasteiger partial charge in [-0.1, -0.05) is 41.9 Å². The Morgan fingerprint density at radius 1 is 1.09 bits per heavy atom. The van der Waals surface area contributed by atoms with Crippen molar-refractivity contribution in [2.45, 2.75) is 12.6 Å². The summed E-state index contributed by atoms with van der Waals surface area (Å²) in [5.41, 5.74) is 1.33. The summed E-state index contributed by atoms with van der Waals surface area (Å²) < 4.78 is 24.5. The van der Waals surface area contributed by atoms with Gasteiger partial charge >= 0.3 is 5.97 Å². The molecule has 0 aliphatic carbocycles. The molecule has 3 aromatic carbocycles. The fourth-order valence-electron chi connectivity index (χ4n) is 4.23. The topological polar surface area (TPSA) is 76.8 Å². The lowest BCUT2D eigenvalue weighted by molar-refractivity contribution is 0.0599. The minimum atomic E-state index is -0.825. The van der Waals surface area contributed by atoms with Crippen LogP contribution in [0.4, 0.5) is 4.39 Å². The Bertz CT molecular complexity index is 1510. The van der Waals surface area contributed by atoms with Gasteiger partial charge in [0.15, 0.2) is 5.43 Å². The van der Waals surface area contributed by atoms with Gasteiger partial charge in [0.2, 0.25) is 5.76 Å². The van der Waals surface area contributed by atoms with Crippen molar-refractivity contribution in [3.63, 3.8) is 0 Å². The number of carbonyl (C=O) groups excluding carboxylic acids is 2. The van der Waals surface area contributed by atoms with Gasteiger partial charge in [-0.15, -0.1) is 0 Å². The number of benzene rings is 3. The van der Waals surface area contributed by atoms with Crippen LogP contribution < -0.4 is 5.43 Å². The van der Waals surface area contributed by atoms with E-state index >= 15 is 0 Å². The summed E-state index contributed by atoms with van der Waals surface area (Å²) in [7, 11) is 1.28. The highest BCUT2D eigenvalue weighted by atomic mass is 35.5. The van der Waals surface area contributed by atoms with E-state index in [4.69, 9.17) is 20.8 Å². The maximum atomic E-state index is 13.9. The summed E-state index contributed by atoms with van der Waals surface area (Å²) in [6, 6.07) is 16.3. The number of methoxy groups -OCH3 is 1. The minimum absolute atomic E-state index is 0.0438. The van der Waals surface area contributed by atoms with Crippen LogP contribution in [0.2, 0.25) is 5.02 Å². The Labute approximate surface area is 198 Å². The SMILES string of the molecule is COC(=O)c1ccc([C@@H]2c3c(oc4ccc(F)cc4c3=O)C(=O)N2Cc2ccccc2Cl)cc1. The predicted molar refractivity (Wildman–Crippen MR) is 123 cm³/mol. The zero-order chi connectivity index (χ0) is 24.0. The number of esters is 1. The summed E-state index contributed by atoms with van der Waals surface area (Å²) in [5.74, 6) is -1.68. The molecule has 1 aliphatic rings. The van der Waals surface area contributed by atoms with Crippen molar-refractivity contribution in [2.75, 3.05) is 7.11 Å². The van der Waals surface area contributed by atoms with Crippen LogP contribution in [0.1, 0.15) is 43.6 Å². The van der Waals surface area contributed by atoms with E-state index < -0.39 is 29.2 Å². The number of rotatable bonds is 4. The van der Waals surface area contributed by atoms with Gasteiger partial charge < -0.3 is 14.1 Å². The van der Waals surface area contributed by atoms with E-state index in [9.17, 15) is 18.8 Å². The maximum absolute atomic E-state index is 13.9. The van der Waals surface area contributed by atoms with Gasteiger partial charge in [-0.3, -0.25) is 9.59 Å². The third kappa shape index (κ3) is 3.54. The molecule has 1 aliphatic heterocycles. The van der Waals surface area contributed by atoms with Crippen molar-refractivity contribution < 1.29 is 23.1 Å². The van der Waals surface area contributed by atoms with Crippen molar-refractivity contribution in [3.8, 4) is 0 Å². The van der Waals surface area contributed by atoms with Gasteiger partial charge in [0.05, 0.1) is 29.7 Å². The Kier molecular flexibility index (Phi) is 5.42. The van der Waals surface area contributed by atoms with Crippen molar-refractivity contribution in [1.82, 2.24) is 4.90 Å². The van der Waals surface area contributed by atoms with Gasteiger partial charge in [-0.2, -0.15) is 0 Å². The fraction of sp³-hybridized carbons (Fsp3) is 0.115. The van der Waals surface area contributed by atoms with Crippen LogP contribution in [0, 0.1) is 5.82 Å². The second kappa shape index (κ2) is 8.43.